The summed E-state index contributed by atoms with van der Waals surface area (Å²) in [5, 5.41) is 2.59. The van der Waals surface area contributed by atoms with Crippen molar-refractivity contribution in [1.82, 2.24) is 5.32 Å². The maximum Gasteiger partial charge on any atom is 0.251 e. The van der Waals surface area contributed by atoms with Gasteiger partial charge in [0.15, 0.2) is 0 Å². The molecule has 0 saturated carbocycles. The number of carbonyl (C=O) groups excluding carboxylic acids is 1. The first-order valence-corrected chi connectivity index (χ1v) is 4.71. The number of hydrogen-bond acceptors (Lipinski definition) is 2. The largest absolute Gasteiger partial charge is 0.380 e. The van der Waals surface area contributed by atoms with Crippen LogP contribution in [0.3, 0.4) is 0 Å². The Kier molecular flexibility index (Phi) is 2.50. The maximum atomic E-state index is 11.2. The Morgan fingerprint density at radius 2 is 2.00 bits per heavy atom. The second kappa shape index (κ2) is 3.80. The number of benzene rings is 1. The molecule has 1 amide bonds. The zero-order valence-corrected chi connectivity index (χ0v) is 8.12. The van der Waals surface area contributed by atoms with Crippen molar-refractivity contribution in [3.05, 3.63) is 35.4 Å². The Balaban J connectivity index is 2.13. The minimum Gasteiger partial charge on any atom is -0.380 e. The lowest BCUT2D eigenvalue weighted by molar-refractivity contribution is 0.00842. The van der Waals surface area contributed by atoms with Gasteiger partial charge in [0.05, 0.1) is 13.2 Å². The lowest BCUT2D eigenvalue weighted by Gasteiger charge is -2.26. The van der Waals surface area contributed by atoms with Crippen molar-refractivity contribution >= 4 is 5.91 Å². The lowest BCUT2D eigenvalue weighted by Crippen LogP contribution is -2.25. The number of nitrogens with one attached hydrogen (secondary N) is 1. The highest BCUT2D eigenvalue weighted by Crippen LogP contribution is 2.23. The summed E-state index contributed by atoms with van der Waals surface area (Å²) >= 11 is 0. The molecule has 2 rings (SSSR count). The van der Waals surface area contributed by atoms with E-state index in [0.717, 1.165) is 13.2 Å². The maximum absolute atomic E-state index is 11.2. The molecule has 0 aliphatic carbocycles. The van der Waals surface area contributed by atoms with Crippen molar-refractivity contribution < 1.29 is 9.53 Å². The Labute approximate surface area is 83.1 Å². The van der Waals surface area contributed by atoms with Crippen LogP contribution in [0.1, 0.15) is 21.8 Å². The van der Waals surface area contributed by atoms with Gasteiger partial charge < -0.3 is 10.1 Å². The van der Waals surface area contributed by atoms with Crippen LogP contribution in [0, 0.1) is 0 Å². The molecular formula is C11H13NO2. The van der Waals surface area contributed by atoms with Crippen LogP contribution >= 0.6 is 0 Å². The Morgan fingerprint density at radius 1 is 1.36 bits per heavy atom. The second-order valence-electron chi connectivity index (χ2n) is 3.44. The Hall–Kier alpha value is -1.35. The molecule has 74 valence electrons. The molecule has 3 nitrogen and oxygen atoms in total. The third kappa shape index (κ3) is 1.63. The minimum absolute atomic E-state index is 0.0404. The van der Waals surface area contributed by atoms with Gasteiger partial charge in [-0.3, -0.25) is 4.79 Å². The van der Waals surface area contributed by atoms with Gasteiger partial charge >= 0.3 is 0 Å². The predicted molar refractivity (Wildman–Crippen MR) is 53.4 cm³/mol. The summed E-state index contributed by atoms with van der Waals surface area (Å²) < 4.78 is 5.11. The monoisotopic (exact) mass is 191 g/mol. The molecular weight excluding hydrogens is 178 g/mol. The van der Waals surface area contributed by atoms with E-state index in [1.54, 1.807) is 7.05 Å². The molecule has 1 heterocycles. The molecule has 3 heteroatoms. The molecule has 0 atom stereocenters. The van der Waals surface area contributed by atoms with Gasteiger partial charge in [-0.25, -0.2) is 0 Å². The molecule has 1 aromatic rings. The van der Waals surface area contributed by atoms with E-state index < -0.39 is 0 Å². The molecule has 1 aromatic carbocycles. The average molecular weight is 191 g/mol. The van der Waals surface area contributed by atoms with E-state index in [4.69, 9.17) is 4.74 Å². The van der Waals surface area contributed by atoms with Gasteiger partial charge in [0.2, 0.25) is 0 Å². The summed E-state index contributed by atoms with van der Waals surface area (Å²) in [4.78, 5) is 11.2. The zero-order chi connectivity index (χ0) is 9.97. The molecule has 0 bridgehead atoms. The van der Waals surface area contributed by atoms with Crippen molar-refractivity contribution in [3.8, 4) is 0 Å². The van der Waals surface area contributed by atoms with Crippen molar-refractivity contribution in [2.75, 3.05) is 20.3 Å². The van der Waals surface area contributed by atoms with E-state index in [9.17, 15) is 4.79 Å². The van der Waals surface area contributed by atoms with E-state index in [1.807, 2.05) is 24.3 Å². The molecule has 14 heavy (non-hydrogen) atoms. The fourth-order valence-corrected chi connectivity index (χ4v) is 1.48. The second-order valence-corrected chi connectivity index (χ2v) is 3.44. The quantitative estimate of drug-likeness (QED) is 0.761. The summed E-state index contributed by atoms with van der Waals surface area (Å²) in [5.41, 5.74) is 1.96. The number of ether oxygens (including phenoxy) is 1. The Morgan fingerprint density at radius 3 is 2.43 bits per heavy atom. The van der Waals surface area contributed by atoms with Gasteiger partial charge in [-0.1, -0.05) is 12.1 Å². The SMILES string of the molecule is CNC(=O)c1ccc(C2COC2)cc1. The van der Waals surface area contributed by atoms with Gasteiger partial charge in [0.25, 0.3) is 5.91 Å². The van der Waals surface area contributed by atoms with Crippen molar-refractivity contribution in [1.29, 1.82) is 0 Å². The van der Waals surface area contributed by atoms with Crippen LogP contribution in [0.5, 0.6) is 0 Å². The van der Waals surface area contributed by atoms with Gasteiger partial charge in [-0.05, 0) is 17.7 Å². The highest BCUT2D eigenvalue weighted by molar-refractivity contribution is 5.93. The fraction of sp³-hybridized carbons (Fsp3) is 0.364. The number of carbonyl (C=O) groups is 1. The number of amides is 1. The predicted octanol–water partition coefficient (Wildman–Crippen LogP) is 1.16. The summed E-state index contributed by atoms with van der Waals surface area (Å²) in [6.45, 7) is 1.61. The third-order valence-electron chi connectivity index (χ3n) is 2.51. The lowest BCUT2D eigenvalue weighted by atomic mass is 9.96. The molecule has 0 spiro atoms. The van der Waals surface area contributed by atoms with Crippen molar-refractivity contribution in [3.63, 3.8) is 0 Å². The van der Waals surface area contributed by atoms with Crippen LogP contribution in [0.25, 0.3) is 0 Å². The molecule has 1 N–H and O–H groups in total. The first kappa shape index (κ1) is 9.21. The van der Waals surface area contributed by atoms with Gasteiger partial charge in [0, 0.05) is 18.5 Å². The summed E-state index contributed by atoms with van der Waals surface area (Å²) in [5.74, 6) is 0.482. The summed E-state index contributed by atoms with van der Waals surface area (Å²) in [6.07, 6.45) is 0. The molecule has 1 saturated heterocycles. The molecule has 0 radical (unpaired) electrons. The van der Waals surface area contributed by atoms with Crippen LogP contribution in [0.2, 0.25) is 0 Å². The van der Waals surface area contributed by atoms with Crippen LogP contribution in [0.4, 0.5) is 0 Å². The van der Waals surface area contributed by atoms with Gasteiger partial charge in [-0.2, -0.15) is 0 Å². The van der Waals surface area contributed by atoms with Crippen molar-refractivity contribution in [2.24, 2.45) is 0 Å². The van der Waals surface area contributed by atoms with Crippen molar-refractivity contribution in [2.45, 2.75) is 5.92 Å². The van der Waals surface area contributed by atoms with E-state index >= 15 is 0 Å². The Bertz CT molecular complexity index is 328. The van der Waals surface area contributed by atoms with Crippen LogP contribution in [-0.4, -0.2) is 26.2 Å². The van der Waals surface area contributed by atoms with E-state index in [1.165, 1.54) is 5.56 Å². The standard InChI is InChI=1S/C11H13NO2/c1-12-11(13)9-4-2-8(3-5-9)10-6-14-7-10/h2-5,10H,6-7H2,1H3,(H,12,13). The normalized spacial score (nSPS) is 16.1. The average Bonchev–Trinajstić information content (AvgIpc) is 2.15. The third-order valence-corrected chi connectivity index (χ3v) is 2.51. The molecule has 1 fully saturated rings. The van der Waals surface area contributed by atoms with Crippen LogP contribution in [0.15, 0.2) is 24.3 Å². The smallest absolute Gasteiger partial charge is 0.251 e. The number of hydrogen-bond donors (Lipinski definition) is 1. The fourth-order valence-electron chi connectivity index (χ4n) is 1.48. The molecule has 1 aliphatic heterocycles. The highest BCUT2D eigenvalue weighted by atomic mass is 16.5. The van der Waals surface area contributed by atoms with Crippen LogP contribution < -0.4 is 5.32 Å². The summed E-state index contributed by atoms with van der Waals surface area (Å²) in [6, 6.07) is 7.70. The molecule has 0 unspecified atom stereocenters. The first-order valence-electron chi connectivity index (χ1n) is 4.71. The highest BCUT2D eigenvalue weighted by Gasteiger charge is 2.20. The van der Waals surface area contributed by atoms with E-state index in [-0.39, 0.29) is 5.91 Å². The first-order chi connectivity index (χ1) is 6.81. The van der Waals surface area contributed by atoms with Gasteiger partial charge in [0.1, 0.15) is 0 Å². The molecule has 0 aromatic heterocycles. The minimum atomic E-state index is -0.0404. The van der Waals surface area contributed by atoms with E-state index in [2.05, 4.69) is 5.32 Å². The molecule has 1 aliphatic rings. The van der Waals surface area contributed by atoms with E-state index in [0.29, 0.717) is 11.5 Å². The zero-order valence-electron chi connectivity index (χ0n) is 8.12. The topological polar surface area (TPSA) is 38.3 Å². The number of rotatable bonds is 2. The van der Waals surface area contributed by atoms with Gasteiger partial charge in [-0.15, -0.1) is 0 Å². The van der Waals surface area contributed by atoms with Crippen LogP contribution in [-0.2, 0) is 4.74 Å². The summed E-state index contributed by atoms with van der Waals surface area (Å²) in [7, 11) is 1.63.